The van der Waals surface area contributed by atoms with Gasteiger partial charge < -0.3 is 15.5 Å². The lowest BCUT2D eigenvalue weighted by atomic mass is 9.81. The molecule has 7 heteroatoms. The first-order valence-corrected chi connectivity index (χ1v) is 16.8. The van der Waals surface area contributed by atoms with Gasteiger partial charge in [0.1, 0.15) is 6.54 Å². The first kappa shape index (κ1) is 33.9. The van der Waals surface area contributed by atoms with Crippen LogP contribution in [0.15, 0.2) is 108 Å². The maximum atomic E-state index is 12.0. The van der Waals surface area contributed by atoms with Crippen LogP contribution in [0, 0.1) is 0 Å². The van der Waals surface area contributed by atoms with E-state index in [1.165, 1.54) is 34.7 Å². The molecule has 2 aromatic rings. The smallest absolute Gasteiger partial charge is 0.247 e. The van der Waals surface area contributed by atoms with E-state index in [2.05, 4.69) is 123 Å². The van der Waals surface area contributed by atoms with Crippen molar-refractivity contribution in [3.8, 4) is 0 Å². The number of rotatable bonds is 9. The van der Waals surface area contributed by atoms with Gasteiger partial charge in [0.05, 0.1) is 5.41 Å². The normalized spacial score (nSPS) is 19.8. The van der Waals surface area contributed by atoms with E-state index in [4.69, 9.17) is 11.6 Å². The SMILES string of the molecule is C=CC(=O)Nc1ccc2c(c1)C(C)(C)C(/C=C/C1=C(Cl)C(=C/C=C3/N(CC)c4ccc(NC(=O)C=C)cc4C3(C)C)/CCC1)=[N+]2CC. The van der Waals surface area contributed by atoms with Crippen LogP contribution >= 0.6 is 11.6 Å². The Morgan fingerprint density at radius 1 is 0.894 bits per heavy atom. The van der Waals surface area contributed by atoms with E-state index < -0.39 is 0 Å². The molecule has 0 fully saturated rings. The fraction of sp³-hybridized carbons (Fsp3) is 0.325. The molecule has 2 heterocycles. The molecule has 0 atom stereocenters. The van der Waals surface area contributed by atoms with Crippen LogP contribution in [-0.2, 0) is 20.4 Å². The van der Waals surface area contributed by atoms with Gasteiger partial charge in [-0.1, -0.05) is 50.8 Å². The molecule has 6 nitrogen and oxygen atoms in total. The molecular weight excluding hydrogens is 604 g/mol. The van der Waals surface area contributed by atoms with Crippen molar-refractivity contribution in [2.75, 3.05) is 28.6 Å². The molecule has 47 heavy (non-hydrogen) atoms. The predicted octanol–water partition coefficient (Wildman–Crippen LogP) is 9.19. The van der Waals surface area contributed by atoms with Crippen molar-refractivity contribution in [3.63, 3.8) is 0 Å². The molecule has 5 rings (SSSR count). The number of hydrogen-bond acceptors (Lipinski definition) is 3. The third-order valence-electron chi connectivity index (χ3n) is 9.66. The second-order valence-electron chi connectivity index (χ2n) is 13.2. The Morgan fingerprint density at radius 3 is 2.15 bits per heavy atom. The monoisotopic (exact) mass is 649 g/mol. The number of allylic oxidation sites excluding steroid dienone is 8. The summed E-state index contributed by atoms with van der Waals surface area (Å²) in [7, 11) is 0. The molecule has 2 amide bonds. The standard InChI is InChI=1S/C40H45ClN4O2/c1-9-36(46)42-28-18-20-32-30(24-28)39(5,6)34(44(32)11-3)22-16-26-14-13-15-27(38(26)41)17-23-35-40(7,8)31-25-29(43-37(47)10-2)19-21-33(31)45(35)12-4/h9-10,16-25H,1-2,11-15H2,3-8H3,(H-,42,43,46,47)/p+1. The highest BCUT2D eigenvalue weighted by Crippen LogP contribution is 2.49. The molecule has 0 spiro atoms. The molecule has 0 radical (unpaired) electrons. The van der Waals surface area contributed by atoms with E-state index in [0.717, 1.165) is 71.3 Å². The Kier molecular flexibility index (Phi) is 9.65. The average molecular weight is 650 g/mol. The number of nitrogens with one attached hydrogen (secondary N) is 2. The second kappa shape index (κ2) is 13.4. The van der Waals surface area contributed by atoms with Crippen LogP contribution in [0.4, 0.5) is 22.7 Å². The topological polar surface area (TPSA) is 64.5 Å². The van der Waals surface area contributed by atoms with E-state index in [-0.39, 0.29) is 22.6 Å². The molecule has 2 aliphatic heterocycles. The summed E-state index contributed by atoms with van der Waals surface area (Å²) in [5.41, 5.74) is 10.3. The molecule has 0 saturated heterocycles. The van der Waals surface area contributed by atoms with E-state index in [0.29, 0.717) is 0 Å². The van der Waals surface area contributed by atoms with Gasteiger partial charge in [0.25, 0.3) is 0 Å². The molecule has 244 valence electrons. The van der Waals surface area contributed by atoms with Gasteiger partial charge in [-0.25, -0.2) is 0 Å². The lowest BCUT2D eigenvalue weighted by Gasteiger charge is -2.26. The highest BCUT2D eigenvalue weighted by molar-refractivity contribution is 6.32. The Balaban J connectivity index is 1.45. The van der Waals surface area contributed by atoms with Crippen LogP contribution in [0.5, 0.6) is 0 Å². The zero-order chi connectivity index (χ0) is 34.1. The summed E-state index contributed by atoms with van der Waals surface area (Å²) in [6.45, 7) is 22.0. The van der Waals surface area contributed by atoms with Crippen LogP contribution in [-0.4, -0.2) is 35.2 Å². The molecular formula is C40H46ClN4O2+. The second-order valence-corrected chi connectivity index (χ2v) is 13.6. The maximum Gasteiger partial charge on any atom is 0.247 e. The van der Waals surface area contributed by atoms with Crippen LogP contribution in [0.3, 0.4) is 0 Å². The molecule has 1 aliphatic carbocycles. The number of carbonyl (C=O) groups is 2. The Hall–Kier alpha value is -4.42. The third kappa shape index (κ3) is 6.31. The number of anilines is 3. The van der Waals surface area contributed by atoms with Gasteiger partial charge in [0, 0.05) is 57.5 Å². The Morgan fingerprint density at radius 2 is 1.53 bits per heavy atom. The zero-order valence-electron chi connectivity index (χ0n) is 28.5. The fourth-order valence-electron chi connectivity index (χ4n) is 7.14. The van der Waals surface area contributed by atoms with Crippen LogP contribution in [0.25, 0.3) is 0 Å². The third-order valence-corrected chi connectivity index (χ3v) is 10.1. The minimum Gasteiger partial charge on any atom is -0.344 e. The van der Waals surface area contributed by atoms with Gasteiger partial charge in [0.15, 0.2) is 5.71 Å². The van der Waals surface area contributed by atoms with E-state index in [1.807, 2.05) is 12.1 Å². The fourth-order valence-corrected chi connectivity index (χ4v) is 7.46. The van der Waals surface area contributed by atoms with Gasteiger partial charge in [-0.05, 0) is 112 Å². The average Bonchev–Trinajstić information content (AvgIpc) is 3.40. The van der Waals surface area contributed by atoms with Crippen molar-refractivity contribution in [2.45, 2.75) is 71.6 Å². The summed E-state index contributed by atoms with van der Waals surface area (Å²) in [6, 6.07) is 12.2. The van der Waals surface area contributed by atoms with Crippen molar-refractivity contribution < 1.29 is 14.2 Å². The first-order valence-electron chi connectivity index (χ1n) is 16.4. The van der Waals surface area contributed by atoms with Crippen molar-refractivity contribution >= 4 is 51.9 Å². The highest BCUT2D eigenvalue weighted by atomic mass is 35.5. The number of carbonyl (C=O) groups excluding carboxylic acids is 2. The van der Waals surface area contributed by atoms with E-state index in [1.54, 1.807) is 0 Å². The quantitative estimate of drug-likeness (QED) is 0.210. The zero-order valence-corrected chi connectivity index (χ0v) is 29.2. The van der Waals surface area contributed by atoms with Gasteiger partial charge >= 0.3 is 0 Å². The minimum atomic E-state index is -0.261. The van der Waals surface area contributed by atoms with Gasteiger partial charge in [-0.3, -0.25) is 9.59 Å². The Labute approximate surface area is 284 Å². The van der Waals surface area contributed by atoms with E-state index >= 15 is 0 Å². The molecule has 0 saturated carbocycles. The predicted molar refractivity (Wildman–Crippen MR) is 197 cm³/mol. The lowest BCUT2D eigenvalue weighted by Crippen LogP contribution is -2.27. The van der Waals surface area contributed by atoms with Crippen LogP contribution in [0.2, 0.25) is 0 Å². The Bertz CT molecular complexity index is 1820. The highest BCUT2D eigenvalue weighted by Gasteiger charge is 2.44. The number of likely N-dealkylation sites (N-methyl/N-ethyl adjacent to an activating group) is 1. The van der Waals surface area contributed by atoms with Crippen molar-refractivity contribution in [2.24, 2.45) is 0 Å². The largest absolute Gasteiger partial charge is 0.344 e. The van der Waals surface area contributed by atoms with E-state index in [9.17, 15) is 9.59 Å². The van der Waals surface area contributed by atoms with Gasteiger partial charge in [-0.2, -0.15) is 4.58 Å². The minimum absolute atomic E-state index is 0.220. The number of hydrogen-bond donors (Lipinski definition) is 2. The van der Waals surface area contributed by atoms with Crippen molar-refractivity contribution in [1.82, 2.24) is 0 Å². The number of nitrogens with zero attached hydrogens (tertiary/aromatic N) is 2. The summed E-state index contributed by atoms with van der Waals surface area (Å²) in [6.07, 6.45) is 14.3. The summed E-state index contributed by atoms with van der Waals surface area (Å²) in [5, 5.41) is 6.62. The summed E-state index contributed by atoms with van der Waals surface area (Å²) < 4.78 is 2.34. The molecule has 0 aromatic heterocycles. The molecule has 3 aliphatic rings. The van der Waals surface area contributed by atoms with Crippen molar-refractivity contribution in [3.05, 3.63) is 119 Å². The summed E-state index contributed by atoms with van der Waals surface area (Å²) in [4.78, 5) is 26.2. The molecule has 0 unspecified atom stereocenters. The molecule has 0 bridgehead atoms. The number of amides is 2. The summed E-state index contributed by atoms with van der Waals surface area (Å²) in [5.74, 6) is -0.440. The van der Waals surface area contributed by atoms with Crippen LogP contribution < -0.4 is 15.5 Å². The first-order chi connectivity index (χ1) is 22.4. The van der Waals surface area contributed by atoms with Crippen molar-refractivity contribution in [1.29, 1.82) is 0 Å². The number of fused-ring (bicyclic) bond motifs is 2. The molecule has 2 aromatic carbocycles. The van der Waals surface area contributed by atoms with Gasteiger partial charge in [0.2, 0.25) is 17.5 Å². The van der Waals surface area contributed by atoms with Gasteiger partial charge in [-0.15, -0.1) is 0 Å². The lowest BCUT2D eigenvalue weighted by molar-refractivity contribution is -0.433. The van der Waals surface area contributed by atoms with Crippen LogP contribution in [0.1, 0.15) is 71.9 Å². The maximum absolute atomic E-state index is 12.0. The summed E-state index contributed by atoms with van der Waals surface area (Å²) >= 11 is 7.14. The molecule has 2 N–H and O–H groups in total. The number of halogens is 1. The number of benzene rings is 2.